The molecule has 0 bridgehead atoms. The van der Waals surface area contributed by atoms with Gasteiger partial charge in [-0.25, -0.2) is 9.78 Å². The van der Waals surface area contributed by atoms with E-state index in [0.29, 0.717) is 37.9 Å². The second kappa shape index (κ2) is 18.0. The van der Waals surface area contributed by atoms with E-state index in [9.17, 15) is 24.3 Å². The van der Waals surface area contributed by atoms with Crippen molar-refractivity contribution in [3.8, 4) is 0 Å². The zero-order valence-electron chi connectivity index (χ0n) is 23.5. The number of aliphatic carboxylic acids is 1. The Morgan fingerprint density at radius 3 is 2.12 bits per heavy atom. The summed E-state index contributed by atoms with van der Waals surface area (Å²) in [6, 6.07) is 4.58. The minimum absolute atomic E-state index is 0.0509. The fourth-order valence-corrected chi connectivity index (χ4v) is 4.11. The summed E-state index contributed by atoms with van der Waals surface area (Å²) in [6.07, 6.45) is 5.19. The zero-order chi connectivity index (χ0) is 30.9. The number of carbonyl (C=O) groups is 4. The molecule has 15 heteroatoms. The number of hydrogen-bond donors (Lipinski definition) is 9. The van der Waals surface area contributed by atoms with Crippen LogP contribution in [0.1, 0.15) is 43.4 Å². The number of hydrogen-bond acceptors (Lipinski definition) is 8. The molecule has 13 N–H and O–H groups in total. The van der Waals surface area contributed by atoms with Crippen molar-refractivity contribution < 1.29 is 24.3 Å². The molecule has 42 heavy (non-hydrogen) atoms. The van der Waals surface area contributed by atoms with E-state index in [2.05, 4.69) is 30.9 Å². The van der Waals surface area contributed by atoms with E-state index in [1.54, 1.807) is 30.3 Å². The van der Waals surface area contributed by atoms with Crippen molar-refractivity contribution in [2.45, 2.75) is 69.1 Å². The average molecular weight is 587 g/mol. The van der Waals surface area contributed by atoms with Gasteiger partial charge in [0, 0.05) is 31.3 Å². The van der Waals surface area contributed by atoms with Gasteiger partial charge in [0.15, 0.2) is 5.96 Å². The van der Waals surface area contributed by atoms with Crippen LogP contribution in [-0.2, 0) is 32.0 Å². The first-order chi connectivity index (χ1) is 20.1. The third kappa shape index (κ3) is 12.3. The lowest BCUT2D eigenvalue weighted by molar-refractivity contribution is -0.142. The van der Waals surface area contributed by atoms with Crippen molar-refractivity contribution in [1.29, 1.82) is 0 Å². The topological polar surface area (TPSA) is 270 Å². The number of guanidine groups is 1. The number of aromatic nitrogens is 2. The van der Waals surface area contributed by atoms with Crippen molar-refractivity contribution in [2.75, 3.05) is 13.1 Å². The number of nitrogens with zero attached hydrogens (tertiary/aromatic N) is 2. The van der Waals surface area contributed by atoms with E-state index in [0.717, 1.165) is 5.56 Å². The summed E-state index contributed by atoms with van der Waals surface area (Å²) in [5, 5.41) is 17.6. The van der Waals surface area contributed by atoms with E-state index in [4.69, 9.17) is 22.9 Å². The smallest absolute Gasteiger partial charge is 0.326 e. The normalized spacial score (nSPS) is 13.7. The molecule has 0 saturated carbocycles. The highest BCUT2D eigenvalue weighted by molar-refractivity contribution is 5.94. The first-order valence-corrected chi connectivity index (χ1v) is 13.8. The van der Waals surface area contributed by atoms with Crippen LogP contribution in [0.4, 0.5) is 0 Å². The molecule has 3 amide bonds. The molecular weight excluding hydrogens is 544 g/mol. The second-order valence-corrected chi connectivity index (χ2v) is 9.83. The van der Waals surface area contributed by atoms with Crippen LogP contribution in [0.3, 0.4) is 0 Å². The quantitative estimate of drug-likeness (QED) is 0.0508. The number of imidazole rings is 1. The van der Waals surface area contributed by atoms with Crippen LogP contribution >= 0.6 is 0 Å². The SMILES string of the molecule is NCCCCC(N)C(=O)NC(Cc1cnc[nH]1)C(=O)NC(Cc1ccccc1)C(=O)NC(CCCN=C(N)N)C(=O)O. The molecule has 2 aromatic rings. The Hall–Kier alpha value is -4.50. The van der Waals surface area contributed by atoms with E-state index in [1.807, 2.05) is 0 Å². The fourth-order valence-electron chi connectivity index (χ4n) is 4.11. The Morgan fingerprint density at radius 1 is 0.881 bits per heavy atom. The highest BCUT2D eigenvalue weighted by Crippen LogP contribution is 2.08. The van der Waals surface area contributed by atoms with Gasteiger partial charge in [-0.3, -0.25) is 19.4 Å². The minimum atomic E-state index is -1.24. The minimum Gasteiger partial charge on any atom is -0.480 e. The van der Waals surface area contributed by atoms with E-state index < -0.39 is 47.9 Å². The van der Waals surface area contributed by atoms with Crippen molar-refractivity contribution in [1.82, 2.24) is 25.9 Å². The van der Waals surface area contributed by atoms with Gasteiger partial charge in [-0.05, 0) is 37.8 Å². The van der Waals surface area contributed by atoms with Crippen LogP contribution in [-0.4, -0.2) is 82.0 Å². The van der Waals surface area contributed by atoms with Crippen LogP contribution in [0.5, 0.6) is 0 Å². The summed E-state index contributed by atoms with van der Waals surface area (Å²) in [6.45, 7) is 0.665. The summed E-state index contributed by atoms with van der Waals surface area (Å²) in [4.78, 5) is 62.3. The standard InChI is InChI=1S/C27H42N10O5/c28-11-5-4-9-19(29)23(38)36-22(14-18-15-32-16-34-18)25(40)37-21(13-17-7-2-1-3-8-17)24(39)35-20(26(41)42)10-6-12-33-27(30)31/h1-3,7-8,15-16,19-22H,4-6,9-14,28-29H2,(H,32,34)(H,35,39)(H,36,38)(H,37,40)(H,41,42)(H4,30,31,33). The lowest BCUT2D eigenvalue weighted by atomic mass is 10.0. The lowest BCUT2D eigenvalue weighted by Crippen LogP contribution is -2.58. The van der Waals surface area contributed by atoms with E-state index in [-0.39, 0.29) is 31.8 Å². The Bertz CT molecular complexity index is 1160. The molecule has 1 aromatic carbocycles. The molecular formula is C27H42N10O5. The number of H-pyrrole nitrogens is 1. The number of nitrogens with one attached hydrogen (secondary N) is 4. The van der Waals surface area contributed by atoms with Gasteiger partial charge in [-0.15, -0.1) is 0 Å². The molecule has 0 spiro atoms. The van der Waals surface area contributed by atoms with Crippen molar-refractivity contribution >= 4 is 29.7 Å². The molecule has 4 unspecified atom stereocenters. The van der Waals surface area contributed by atoms with Crippen LogP contribution in [0, 0.1) is 0 Å². The Kier molecular flexibility index (Phi) is 14.5. The number of unbranched alkanes of at least 4 members (excludes halogenated alkanes) is 1. The zero-order valence-corrected chi connectivity index (χ0v) is 23.5. The molecule has 230 valence electrons. The number of amides is 3. The number of benzene rings is 1. The van der Waals surface area contributed by atoms with Crippen molar-refractivity contribution in [3.05, 3.63) is 54.1 Å². The molecule has 0 fully saturated rings. The van der Waals surface area contributed by atoms with E-state index in [1.165, 1.54) is 12.5 Å². The highest BCUT2D eigenvalue weighted by atomic mass is 16.4. The van der Waals surface area contributed by atoms with Gasteiger partial charge in [-0.1, -0.05) is 36.8 Å². The predicted molar refractivity (Wildman–Crippen MR) is 157 cm³/mol. The highest BCUT2D eigenvalue weighted by Gasteiger charge is 2.31. The van der Waals surface area contributed by atoms with Gasteiger partial charge in [0.25, 0.3) is 0 Å². The molecule has 1 aromatic heterocycles. The molecule has 0 aliphatic heterocycles. The number of carboxylic acid groups (broad SMARTS) is 1. The Labute approximate surface area is 244 Å². The number of rotatable bonds is 19. The van der Waals surface area contributed by atoms with E-state index >= 15 is 0 Å². The first kappa shape index (κ1) is 33.7. The summed E-state index contributed by atoms with van der Waals surface area (Å²) in [7, 11) is 0. The van der Waals surface area contributed by atoms with Gasteiger partial charge >= 0.3 is 5.97 Å². The van der Waals surface area contributed by atoms with Crippen molar-refractivity contribution in [2.24, 2.45) is 27.9 Å². The molecule has 4 atom stereocenters. The largest absolute Gasteiger partial charge is 0.480 e. The molecule has 1 heterocycles. The number of nitrogens with two attached hydrogens (primary N) is 4. The third-order valence-corrected chi connectivity index (χ3v) is 6.39. The molecule has 2 rings (SSSR count). The lowest BCUT2D eigenvalue weighted by Gasteiger charge is -2.25. The average Bonchev–Trinajstić information content (AvgIpc) is 3.47. The van der Waals surface area contributed by atoms with Gasteiger partial charge in [0.2, 0.25) is 17.7 Å². The maximum Gasteiger partial charge on any atom is 0.326 e. The molecule has 15 nitrogen and oxygen atoms in total. The summed E-state index contributed by atoms with van der Waals surface area (Å²) in [5.41, 5.74) is 23.5. The van der Waals surface area contributed by atoms with Crippen LogP contribution in [0.15, 0.2) is 47.8 Å². The number of aliphatic imine (C=N–C) groups is 1. The predicted octanol–water partition coefficient (Wildman–Crippen LogP) is -1.76. The number of carbonyl (C=O) groups excluding carboxylic acids is 3. The maximum atomic E-state index is 13.5. The Balaban J connectivity index is 2.21. The first-order valence-electron chi connectivity index (χ1n) is 13.8. The summed E-state index contributed by atoms with van der Waals surface area (Å²) in [5.74, 6) is -3.24. The molecule has 0 radical (unpaired) electrons. The maximum absolute atomic E-state index is 13.5. The Morgan fingerprint density at radius 2 is 1.52 bits per heavy atom. The van der Waals surface area contributed by atoms with Crippen LogP contribution in [0.2, 0.25) is 0 Å². The van der Waals surface area contributed by atoms with Crippen LogP contribution in [0.25, 0.3) is 0 Å². The summed E-state index contributed by atoms with van der Waals surface area (Å²) >= 11 is 0. The second-order valence-electron chi connectivity index (χ2n) is 9.83. The van der Waals surface area contributed by atoms with Crippen LogP contribution < -0.4 is 38.9 Å². The fraction of sp³-hybridized carbons (Fsp3) is 0.481. The van der Waals surface area contributed by atoms with Gasteiger partial charge in [0.05, 0.1) is 12.4 Å². The monoisotopic (exact) mass is 586 g/mol. The number of carboxylic acids is 1. The third-order valence-electron chi connectivity index (χ3n) is 6.39. The molecule has 0 saturated heterocycles. The number of aromatic amines is 1. The van der Waals surface area contributed by atoms with Gasteiger partial charge in [0.1, 0.15) is 18.1 Å². The van der Waals surface area contributed by atoms with Crippen molar-refractivity contribution in [3.63, 3.8) is 0 Å². The molecule has 0 aliphatic carbocycles. The molecule has 0 aliphatic rings. The summed E-state index contributed by atoms with van der Waals surface area (Å²) < 4.78 is 0. The van der Waals surface area contributed by atoms with Gasteiger partial charge < -0.3 is 49.0 Å². The van der Waals surface area contributed by atoms with Gasteiger partial charge in [-0.2, -0.15) is 0 Å².